The van der Waals surface area contributed by atoms with E-state index in [2.05, 4.69) is 52.0 Å². The van der Waals surface area contributed by atoms with Crippen molar-refractivity contribution in [3.8, 4) is 22.3 Å². The molecule has 2 atom stereocenters. The van der Waals surface area contributed by atoms with Crippen molar-refractivity contribution in [2.45, 2.75) is 141 Å². The summed E-state index contributed by atoms with van der Waals surface area (Å²) >= 11 is 0. The number of benzene rings is 4. The maximum absolute atomic E-state index is 15.2. The van der Waals surface area contributed by atoms with E-state index in [0.29, 0.717) is 0 Å². The highest BCUT2D eigenvalue weighted by molar-refractivity contribution is 5.95. The van der Waals surface area contributed by atoms with Crippen LogP contribution in [0.2, 0.25) is 0 Å². The van der Waals surface area contributed by atoms with Crippen LogP contribution in [0.3, 0.4) is 0 Å². The molecule has 0 saturated heterocycles. The minimum absolute atomic E-state index is 0.108. The average molecular weight is 729 g/mol. The molecular formula is C47H56N2O5. The highest BCUT2D eigenvalue weighted by Gasteiger charge is 2.48. The van der Waals surface area contributed by atoms with Crippen LogP contribution in [0.1, 0.15) is 164 Å². The molecule has 0 aromatic heterocycles. The second kappa shape index (κ2) is 16.0. The molecular weight excluding hydrogens is 673 g/mol. The van der Waals surface area contributed by atoms with E-state index in [0.717, 1.165) is 122 Å². The number of carbonyl (C=O) groups is 1. The van der Waals surface area contributed by atoms with Crippen molar-refractivity contribution in [3.63, 3.8) is 0 Å². The Kier molecular flexibility index (Phi) is 11.6. The van der Waals surface area contributed by atoms with Crippen LogP contribution < -0.4 is 0 Å². The smallest absolute Gasteiger partial charge is 0.269 e. The predicted octanol–water partition coefficient (Wildman–Crippen LogP) is 13.3. The summed E-state index contributed by atoms with van der Waals surface area (Å²) in [4.78, 5) is 38.7. The van der Waals surface area contributed by atoms with Crippen LogP contribution in [0, 0.1) is 20.2 Å². The molecule has 6 rings (SSSR count). The summed E-state index contributed by atoms with van der Waals surface area (Å²) in [6.45, 7) is 12.8. The number of non-ortho nitro benzene ring substituents is 2. The number of nitro groups is 2. The maximum atomic E-state index is 15.2. The van der Waals surface area contributed by atoms with Crippen LogP contribution in [0.25, 0.3) is 22.3 Å². The molecule has 0 amide bonds. The second-order valence-electron chi connectivity index (χ2n) is 15.9. The topological polar surface area (TPSA) is 103 Å². The van der Waals surface area contributed by atoms with Gasteiger partial charge in [0.2, 0.25) is 0 Å². The molecule has 0 bridgehead atoms. The Bertz CT molecular complexity index is 1900. The van der Waals surface area contributed by atoms with Gasteiger partial charge in [-0.2, -0.15) is 0 Å². The molecule has 2 unspecified atom stereocenters. The molecule has 4 aromatic carbocycles. The normalized spacial score (nSPS) is 15.5. The lowest BCUT2D eigenvalue weighted by molar-refractivity contribution is -0.385. The van der Waals surface area contributed by atoms with Crippen LogP contribution in [0.4, 0.5) is 11.4 Å². The van der Waals surface area contributed by atoms with Crippen LogP contribution in [0.5, 0.6) is 0 Å². The van der Waals surface area contributed by atoms with Gasteiger partial charge >= 0.3 is 0 Å². The first-order valence-electron chi connectivity index (χ1n) is 20.4. The lowest BCUT2D eigenvalue weighted by atomic mass is 9.66. The number of nitrogens with zero attached hydrogens (tertiary/aromatic N) is 2. The summed E-state index contributed by atoms with van der Waals surface area (Å²) in [5.41, 5.74) is 10.1. The zero-order valence-corrected chi connectivity index (χ0v) is 33.0. The van der Waals surface area contributed by atoms with E-state index in [-0.39, 0.29) is 27.0 Å². The Labute approximate surface area is 320 Å². The Hall–Kier alpha value is -4.65. The van der Waals surface area contributed by atoms with Gasteiger partial charge in [0.25, 0.3) is 11.4 Å². The Morgan fingerprint density at radius 2 is 0.907 bits per heavy atom. The highest BCUT2D eigenvalue weighted by atomic mass is 16.6. The molecule has 0 saturated carbocycles. The first-order chi connectivity index (χ1) is 26.0. The minimum atomic E-state index is -0.428. The highest BCUT2D eigenvalue weighted by Crippen LogP contribution is 2.59. The van der Waals surface area contributed by atoms with E-state index >= 15 is 4.79 Å². The molecule has 7 heteroatoms. The molecule has 0 heterocycles. The lowest BCUT2D eigenvalue weighted by Crippen LogP contribution is -2.30. The van der Waals surface area contributed by atoms with Gasteiger partial charge in [0.05, 0.1) is 9.85 Å². The quantitative estimate of drug-likeness (QED) is 0.0749. The standard InChI is InChI=1S/C47H56N2O5/c1-7-11-25-46(26-12-8-2)41-29-33(48(51)52)21-23-37(41)39-19-15-17-35(43(39)46)31(5)45(50)32(6)36-18-16-20-40-38-24-22-34(49(53)54)30-42(38)47(44(36)40,27-13-9-3)28-14-10-4/h15-24,29-32H,7-14,25-28H2,1-6H3. The zero-order valence-electron chi connectivity index (χ0n) is 33.0. The van der Waals surface area contributed by atoms with E-state index in [9.17, 15) is 20.2 Å². The molecule has 0 radical (unpaired) electrons. The molecule has 2 aliphatic carbocycles. The van der Waals surface area contributed by atoms with Gasteiger partial charge in [-0.3, -0.25) is 25.0 Å². The number of hydrogen-bond donors (Lipinski definition) is 0. The third-order valence-electron chi connectivity index (χ3n) is 12.8. The molecule has 2 aliphatic rings. The number of fused-ring (bicyclic) bond motifs is 6. The molecule has 54 heavy (non-hydrogen) atoms. The van der Waals surface area contributed by atoms with E-state index < -0.39 is 22.7 Å². The van der Waals surface area contributed by atoms with Crippen molar-refractivity contribution >= 4 is 17.2 Å². The Morgan fingerprint density at radius 3 is 1.22 bits per heavy atom. The number of rotatable bonds is 18. The van der Waals surface area contributed by atoms with E-state index in [1.807, 2.05) is 38.1 Å². The third kappa shape index (κ3) is 6.47. The summed E-state index contributed by atoms with van der Waals surface area (Å²) in [6.07, 6.45) is 11.4. The monoisotopic (exact) mass is 728 g/mol. The van der Waals surface area contributed by atoms with Crippen LogP contribution in [-0.4, -0.2) is 15.6 Å². The number of unbranched alkanes of at least 4 members (excludes halogenated alkanes) is 4. The second-order valence-corrected chi connectivity index (χ2v) is 15.9. The fraction of sp³-hybridized carbons (Fsp3) is 0.468. The van der Waals surface area contributed by atoms with Crippen molar-refractivity contribution in [3.05, 3.63) is 126 Å². The van der Waals surface area contributed by atoms with E-state index in [1.54, 1.807) is 24.3 Å². The van der Waals surface area contributed by atoms with Crippen molar-refractivity contribution in [1.29, 1.82) is 0 Å². The van der Waals surface area contributed by atoms with Gasteiger partial charge in [0.15, 0.2) is 0 Å². The summed E-state index contributed by atoms with van der Waals surface area (Å²) in [7, 11) is 0. The predicted molar refractivity (Wildman–Crippen MR) is 219 cm³/mol. The van der Waals surface area contributed by atoms with Crippen LogP contribution in [-0.2, 0) is 15.6 Å². The molecule has 0 N–H and O–H groups in total. The number of hydrogen-bond acceptors (Lipinski definition) is 5. The minimum Gasteiger partial charge on any atom is -0.298 e. The molecule has 0 fully saturated rings. The van der Waals surface area contributed by atoms with Crippen molar-refractivity contribution in [2.75, 3.05) is 0 Å². The first-order valence-corrected chi connectivity index (χ1v) is 20.4. The fourth-order valence-electron chi connectivity index (χ4n) is 10.1. The molecule has 4 aromatic rings. The fourth-order valence-corrected chi connectivity index (χ4v) is 10.1. The Balaban J connectivity index is 1.50. The van der Waals surface area contributed by atoms with Crippen LogP contribution in [0.15, 0.2) is 72.8 Å². The van der Waals surface area contributed by atoms with Gasteiger partial charge in [0.1, 0.15) is 5.78 Å². The van der Waals surface area contributed by atoms with Crippen molar-refractivity contribution in [2.24, 2.45) is 0 Å². The van der Waals surface area contributed by atoms with Gasteiger partial charge in [0, 0.05) is 46.9 Å². The van der Waals surface area contributed by atoms with Crippen molar-refractivity contribution < 1.29 is 14.6 Å². The molecule has 0 aliphatic heterocycles. The van der Waals surface area contributed by atoms with Crippen LogP contribution >= 0.6 is 0 Å². The lowest BCUT2D eigenvalue weighted by Gasteiger charge is -2.36. The molecule has 284 valence electrons. The van der Waals surface area contributed by atoms with Gasteiger partial charge in [-0.25, -0.2) is 0 Å². The van der Waals surface area contributed by atoms with Gasteiger partial charge in [-0.15, -0.1) is 0 Å². The average Bonchev–Trinajstić information content (AvgIpc) is 3.63. The van der Waals surface area contributed by atoms with E-state index in [1.165, 1.54) is 11.1 Å². The number of carbonyl (C=O) groups excluding carboxylic acids is 1. The van der Waals surface area contributed by atoms with Crippen molar-refractivity contribution in [1.82, 2.24) is 0 Å². The molecule has 7 nitrogen and oxygen atoms in total. The summed E-state index contributed by atoms with van der Waals surface area (Å²) < 4.78 is 0. The first kappa shape index (κ1) is 39.1. The molecule has 0 spiro atoms. The van der Waals surface area contributed by atoms with Gasteiger partial charge < -0.3 is 0 Å². The Morgan fingerprint density at radius 1 is 0.556 bits per heavy atom. The number of nitro benzene ring substituents is 2. The van der Waals surface area contributed by atoms with Gasteiger partial charge in [-0.1, -0.05) is 129 Å². The van der Waals surface area contributed by atoms with Gasteiger partial charge in [-0.05, 0) is 93.5 Å². The number of Topliss-reactive ketones (excluding diaryl/α,β-unsaturated/α-hetero) is 1. The summed E-state index contributed by atoms with van der Waals surface area (Å²) in [5, 5.41) is 24.2. The summed E-state index contributed by atoms with van der Waals surface area (Å²) in [6, 6.07) is 23.3. The maximum Gasteiger partial charge on any atom is 0.269 e. The SMILES string of the molecule is CCCCC1(CCCC)c2cc([N+](=O)[O-])ccc2-c2cccc(C(C)C(=O)C(C)c3cccc4c3C(CCCC)(CCCC)c3cc([N+](=O)[O-])ccc3-4)c21. The summed E-state index contributed by atoms with van der Waals surface area (Å²) in [5.74, 6) is -0.716. The zero-order chi connectivity index (χ0) is 38.8. The van der Waals surface area contributed by atoms with E-state index in [4.69, 9.17) is 0 Å². The number of ketones is 1. The largest absolute Gasteiger partial charge is 0.298 e. The third-order valence-corrected chi connectivity index (χ3v) is 12.8.